The van der Waals surface area contributed by atoms with Crippen molar-refractivity contribution in [3.8, 4) is 11.1 Å². The highest BCUT2D eigenvalue weighted by molar-refractivity contribution is 6.30. The van der Waals surface area contributed by atoms with Crippen molar-refractivity contribution in [2.75, 3.05) is 6.61 Å². The Kier molecular flexibility index (Phi) is 6.39. The summed E-state index contributed by atoms with van der Waals surface area (Å²) in [6, 6.07) is 15.8. The number of nitrogens with one attached hydrogen (secondary N) is 1. The van der Waals surface area contributed by atoms with Crippen LogP contribution in [0.1, 0.15) is 30.9 Å². The molecule has 3 aromatic rings. The molecule has 2 aromatic carbocycles. The first-order valence-corrected chi connectivity index (χ1v) is 8.11. The van der Waals surface area contributed by atoms with Gasteiger partial charge in [-0.25, -0.2) is 0 Å². The standard InChI is InChI=1S/C17H15ClN2O.C2H6/c18-16-7-5-14(6-8-16)17(11-21)13-3-1-12(2-4-13)15-9-19-20-10-15;1-2/h1-10,17,21H,11H2,(H,19,20);1-2H3. The summed E-state index contributed by atoms with van der Waals surface area (Å²) in [5.41, 5.74) is 4.28. The maximum atomic E-state index is 9.71. The molecule has 0 aliphatic rings. The lowest BCUT2D eigenvalue weighted by molar-refractivity contribution is 0.280. The van der Waals surface area contributed by atoms with Gasteiger partial charge < -0.3 is 5.11 Å². The molecule has 3 rings (SSSR count). The highest BCUT2D eigenvalue weighted by Gasteiger charge is 2.13. The van der Waals surface area contributed by atoms with Gasteiger partial charge in [-0.05, 0) is 28.8 Å². The predicted molar refractivity (Wildman–Crippen MR) is 95.8 cm³/mol. The zero-order valence-corrected chi connectivity index (χ0v) is 14.1. The van der Waals surface area contributed by atoms with E-state index in [0.29, 0.717) is 5.02 Å². The molecule has 0 radical (unpaired) electrons. The Bertz CT molecular complexity index is 691. The van der Waals surface area contributed by atoms with Crippen LogP contribution in [0.2, 0.25) is 5.02 Å². The monoisotopic (exact) mass is 328 g/mol. The number of aromatic amines is 1. The highest BCUT2D eigenvalue weighted by atomic mass is 35.5. The average Bonchev–Trinajstić information content (AvgIpc) is 3.14. The lowest BCUT2D eigenvalue weighted by atomic mass is 9.91. The molecule has 0 bridgehead atoms. The van der Waals surface area contributed by atoms with Crippen LogP contribution in [-0.4, -0.2) is 21.9 Å². The van der Waals surface area contributed by atoms with Crippen molar-refractivity contribution < 1.29 is 5.11 Å². The lowest BCUT2D eigenvalue weighted by Gasteiger charge is -2.15. The molecule has 1 unspecified atom stereocenters. The molecule has 2 N–H and O–H groups in total. The smallest absolute Gasteiger partial charge is 0.0565 e. The van der Waals surface area contributed by atoms with Gasteiger partial charge in [0.15, 0.2) is 0 Å². The van der Waals surface area contributed by atoms with E-state index in [1.807, 2.05) is 68.6 Å². The Hall–Kier alpha value is -2.10. The van der Waals surface area contributed by atoms with Crippen LogP contribution in [0.3, 0.4) is 0 Å². The van der Waals surface area contributed by atoms with E-state index in [2.05, 4.69) is 10.2 Å². The summed E-state index contributed by atoms with van der Waals surface area (Å²) in [5, 5.41) is 17.2. The van der Waals surface area contributed by atoms with Crippen molar-refractivity contribution in [1.82, 2.24) is 10.2 Å². The van der Waals surface area contributed by atoms with Crippen molar-refractivity contribution in [1.29, 1.82) is 0 Å². The minimum Gasteiger partial charge on any atom is -0.395 e. The van der Waals surface area contributed by atoms with E-state index in [1.165, 1.54) is 0 Å². The quantitative estimate of drug-likeness (QED) is 0.717. The van der Waals surface area contributed by atoms with Crippen molar-refractivity contribution in [3.63, 3.8) is 0 Å². The predicted octanol–water partition coefficient (Wildman–Crippen LogP) is 4.88. The van der Waals surface area contributed by atoms with Crippen LogP contribution in [0.4, 0.5) is 0 Å². The third-order valence-corrected chi connectivity index (χ3v) is 3.85. The second-order valence-corrected chi connectivity index (χ2v) is 5.33. The molecule has 23 heavy (non-hydrogen) atoms. The van der Waals surface area contributed by atoms with Gasteiger partial charge in [-0.3, -0.25) is 5.10 Å². The van der Waals surface area contributed by atoms with E-state index in [1.54, 1.807) is 6.20 Å². The molecule has 4 heteroatoms. The summed E-state index contributed by atoms with van der Waals surface area (Å²) in [6.07, 6.45) is 3.65. The van der Waals surface area contributed by atoms with E-state index in [-0.39, 0.29) is 12.5 Å². The number of aliphatic hydroxyl groups excluding tert-OH is 1. The van der Waals surface area contributed by atoms with Crippen molar-refractivity contribution in [3.05, 3.63) is 77.1 Å². The molecule has 120 valence electrons. The normalized spacial score (nSPS) is 11.5. The van der Waals surface area contributed by atoms with E-state index < -0.39 is 0 Å². The maximum absolute atomic E-state index is 9.71. The zero-order chi connectivity index (χ0) is 16.7. The molecular weight excluding hydrogens is 308 g/mol. The molecule has 0 amide bonds. The van der Waals surface area contributed by atoms with Gasteiger partial charge >= 0.3 is 0 Å². The Morgan fingerprint density at radius 1 is 0.957 bits per heavy atom. The fourth-order valence-electron chi connectivity index (χ4n) is 2.41. The molecule has 1 aromatic heterocycles. The van der Waals surface area contributed by atoms with Crippen LogP contribution in [-0.2, 0) is 0 Å². The molecule has 0 aliphatic heterocycles. The Morgan fingerprint density at radius 3 is 2.00 bits per heavy atom. The van der Waals surface area contributed by atoms with Crippen molar-refractivity contribution in [2.24, 2.45) is 0 Å². The average molecular weight is 329 g/mol. The van der Waals surface area contributed by atoms with Gasteiger partial charge in [0.2, 0.25) is 0 Å². The van der Waals surface area contributed by atoms with E-state index in [4.69, 9.17) is 11.6 Å². The molecule has 0 spiro atoms. The first-order chi connectivity index (χ1) is 11.3. The number of aliphatic hydroxyl groups is 1. The van der Waals surface area contributed by atoms with Crippen molar-refractivity contribution in [2.45, 2.75) is 19.8 Å². The van der Waals surface area contributed by atoms with Gasteiger partial charge in [0.05, 0.1) is 12.8 Å². The molecule has 0 saturated carbocycles. The Labute approximate surface area is 142 Å². The molecule has 0 fully saturated rings. The Morgan fingerprint density at radius 2 is 1.52 bits per heavy atom. The number of hydrogen-bond acceptors (Lipinski definition) is 2. The third kappa shape index (κ3) is 4.21. The van der Waals surface area contributed by atoms with E-state index >= 15 is 0 Å². The van der Waals surface area contributed by atoms with Gasteiger partial charge in [-0.1, -0.05) is 61.8 Å². The van der Waals surface area contributed by atoms with E-state index in [9.17, 15) is 5.11 Å². The highest BCUT2D eigenvalue weighted by Crippen LogP contribution is 2.27. The van der Waals surface area contributed by atoms with Crippen LogP contribution in [0.15, 0.2) is 60.9 Å². The van der Waals surface area contributed by atoms with Gasteiger partial charge in [0.1, 0.15) is 0 Å². The fraction of sp³-hybridized carbons (Fsp3) is 0.211. The minimum atomic E-state index is -0.0410. The molecule has 0 saturated heterocycles. The SMILES string of the molecule is CC.OCC(c1ccc(Cl)cc1)c1ccc(-c2cn[nH]c2)cc1. The van der Waals surface area contributed by atoms with Crippen LogP contribution >= 0.6 is 11.6 Å². The van der Waals surface area contributed by atoms with Gasteiger partial charge in [-0.15, -0.1) is 0 Å². The first-order valence-electron chi connectivity index (χ1n) is 7.73. The topological polar surface area (TPSA) is 48.9 Å². The first kappa shape index (κ1) is 17.3. The maximum Gasteiger partial charge on any atom is 0.0565 e. The molecular formula is C19H21ClN2O. The fourth-order valence-corrected chi connectivity index (χ4v) is 2.54. The third-order valence-electron chi connectivity index (χ3n) is 3.60. The Balaban J connectivity index is 0.000000924. The summed E-state index contributed by atoms with van der Waals surface area (Å²) < 4.78 is 0. The summed E-state index contributed by atoms with van der Waals surface area (Å²) in [5.74, 6) is -0.0410. The number of hydrogen-bond donors (Lipinski definition) is 2. The second kappa shape index (κ2) is 8.51. The number of benzene rings is 2. The number of rotatable bonds is 4. The molecule has 1 atom stereocenters. The number of H-pyrrole nitrogens is 1. The second-order valence-electron chi connectivity index (χ2n) is 4.90. The summed E-state index contributed by atoms with van der Waals surface area (Å²) >= 11 is 5.91. The lowest BCUT2D eigenvalue weighted by Crippen LogP contribution is -2.05. The summed E-state index contributed by atoms with van der Waals surface area (Å²) in [7, 11) is 0. The van der Waals surface area contributed by atoms with E-state index in [0.717, 1.165) is 22.3 Å². The minimum absolute atomic E-state index is 0.0410. The molecule has 0 aliphatic carbocycles. The largest absolute Gasteiger partial charge is 0.395 e. The molecule has 3 nitrogen and oxygen atoms in total. The zero-order valence-electron chi connectivity index (χ0n) is 13.3. The van der Waals surface area contributed by atoms with Crippen LogP contribution < -0.4 is 0 Å². The van der Waals surface area contributed by atoms with Gasteiger partial charge in [-0.2, -0.15) is 5.10 Å². The summed E-state index contributed by atoms with van der Waals surface area (Å²) in [4.78, 5) is 0. The number of halogens is 1. The van der Waals surface area contributed by atoms with Crippen LogP contribution in [0, 0.1) is 0 Å². The molecule has 1 heterocycles. The summed E-state index contributed by atoms with van der Waals surface area (Å²) in [6.45, 7) is 4.06. The van der Waals surface area contributed by atoms with Gasteiger partial charge in [0.25, 0.3) is 0 Å². The van der Waals surface area contributed by atoms with Crippen LogP contribution in [0.5, 0.6) is 0 Å². The van der Waals surface area contributed by atoms with Crippen LogP contribution in [0.25, 0.3) is 11.1 Å². The van der Waals surface area contributed by atoms with Gasteiger partial charge in [0, 0.05) is 22.7 Å². The van der Waals surface area contributed by atoms with Crippen molar-refractivity contribution >= 4 is 11.6 Å². The number of aromatic nitrogens is 2. The number of nitrogens with zero attached hydrogens (tertiary/aromatic N) is 1.